The number of rotatable bonds is 4. The molecule has 1 amide bonds. The molecule has 2 aromatic carbocycles. The molecule has 0 spiro atoms. The Morgan fingerprint density at radius 3 is 2.88 bits per heavy atom. The van der Waals surface area contributed by atoms with Gasteiger partial charge in [0.1, 0.15) is 5.82 Å². The van der Waals surface area contributed by atoms with Crippen LogP contribution >= 0.6 is 23.2 Å². The Morgan fingerprint density at radius 1 is 1.29 bits per heavy atom. The quantitative estimate of drug-likeness (QED) is 0.865. The van der Waals surface area contributed by atoms with Crippen LogP contribution in [0.2, 0.25) is 10.0 Å². The van der Waals surface area contributed by atoms with Crippen molar-refractivity contribution in [3.63, 3.8) is 0 Å². The summed E-state index contributed by atoms with van der Waals surface area (Å²) in [6.45, 7) is 1.59. The van der Waals surface area contributed by atoms with Crippen molar-refractivity contribution in [2.45, 2.75) is 6.54 Å². The van der Waals surface area contributed by atoms with Gasteiger partial charge in [-0.15, -0.1) is 0 Å². The second-order valence-corrected chi connectivity index (χ2v) is 6.53. The number of hydrogen-bond acceptors (Lipinski definition) is 3. The maximum absolute atomic E-state index is 13.2. The zero-order chi connectivity index (χ0) is 17.1. The summed E-state index contributed by atoms with van der Waals surface area (Å²) in [5.74, 6) is -0.600. The van der Waals surface area contributed by atoms with Crippen LogP contribution in [0.3, 0.4) is 0 Å². The number of nitrogens with zero attached hydrogens (tertiary/aromatic N) is 1. The first-order valence-electron chi connectivity index (χ1n) is 7.50. The van der Waals surface area contributed by atoms with Gasteiger partial charge in [0.2, 0.25) is 5.91 Å². The number of benzene rings is 2. The van der Waals surface area contributed by atoms with E-state index in [2.05, 4.69) is 10.7 Å². The van der Waals surface area contributed by atoms with Crippen LogP contribution in [-0.4, -0.2) is 24.0 Å². The van der Waals surface area contributed by atoms with Gasteiger partial charge >= 0.3 is 0 Å². The molecule has 1 atom stereocenters. The summed E-state index contributed by atoms with van der Waals surface area (Å²) < 4.78 is 13.2. The van der Waals surface area contributed by atoms with Crippen LogP contribution in [-0.2, 0) is 11.3 Å². The first kappa shape index (κ1) is 17.2. The molecule has 24 heavy (non-hydrogen) atoms. The third-order valence-electron chi connectivity index (χ3n) is 3.82. The molecule has 3 rings (SSSR count). The molecule has 1 fully saturated rings. The number of amides is 1. The summed E-state index contributed by atoms with van der Waals surface area (Å²) in [5, 5.41) is 5.64. The largest absolute Gasteiger partial charge is 0.324 e. The molecular formula is C17H16Cl2FN3O. The predicted octanol–water partition coefficient (Wildman–Crippen LogP) is 3.71. The summed E-state index contributed by atoms with van der Waals surface area (Å²) >= 11 is 11.9. The molecule has 126 valence electrons. The van der Waals surface area contributed by atoms with E-state index in [1.807, 2.05) is 11.1 Å². The van der Waals surface area contributed by atoms with Crippen LogP contribution in [0.5, 0.6) is 0 Å². The summed E-state index contributed by atoms with van der Waals surface area (Å²) in [5.41, 5.74) is 4.55. The maximum Gasteiger partial charge on any atom is 0.230 e. The van der Waals surface area contributed by atoms with Crippen LogP contribution in [0.4, 0.5) is 10.1 Å². The molecule has 1 aliphatic heterocycles. The van der Waals surface area contributed by atoms with Crippen LogP contribution in [0, 0.1) is 11.7 Å². The lowest BCUT2D eigenvalue weighted by atomic mass is 10.1. The molecule has 2 N–H and O–H groups in total. The van der Waals surface area contributed by atoms with Gasteiger partial charge in [-0.3, -0.25) is 10.2 Å². The Morgan fingerprint density at radius 2 is 2.12 bits per heavy atom. The Balaban J connectivity index is 1.57. The smallest absolute Gasteiger partial charge is 0.230 e. The second-order valence-electron chi connectivity index (χ2n) is 5.68. The van der Waals surface area contributed by atoms with Crippen LogP contribution in [0.25, 0.3) is 0 Å². The number of nitrogens with one attached hydrogen (secondary N) is 2. The SMILES string of the molecule is O=C(Nc1ccc(Cl)cc1Cl)C1CNN(Cc2cccc(F)c2)C1. The highest BCUT2D eigenvalue weighted by Gasteiger charge is 2.28. The van der Waals surface area contributed by atoms with Gasteiger partial charge in [0, 0.05) is 24.7 Å². The number of carbonyl (C=O) groups is 1. The standard InChI is InChI=1S/C17H16Cl2FN3O/c18-13-4-5-16(15(19)7-13)22-17(24)12-8-21-23(10-12)9-11-2-1-3-14(20)6-11/h1-7,12,21H,8-10H2,(H,22,24). The fourth-order valence-electron chi connectivity index (χ4n) is 2.61. The van der Waals surface area contributed by atoms with E-state index in [0.29, 0.717) is 35.4 Å². The van der Waals surface area contributed by atoms with Gasteiger partial charge in [-0.05, 0) is 35.9 Å². The van der Waals surface area contributed by atoms with Crippen molar-refractivity contribution in [1.29, 1.82) is 0 Å². The lowest BCUT2D eigenvalue weighted by Crippen LogP contribution is -2.30. The highest BCUT2D eigenvalue weighted by atomic mass is 35.5. The topological polar surface area (TPSA) is 44.4 Å². The second kappa shape index (κ2) is 7.49. The maximum atomic E-state index is 13.2. The Hall–Kier alpha value is -1.66. The average molecular weight is 368 g/mol. The Kier molecular flexibility index (Phi) is 5.36. The van der Waals surface area contributed by atoms with E-state index in [-0.39, 0.29) is 17.6 Å². The number of hydrogen-bond donors (Lipinski definition) is 2. The Labute approximate surface area is 149 Å². The van der Waals surface area contributed by atoms with Crippen molar-refractivity contribution in [3.05, 3.63) is 63.9 Å². The number of anilines is 1. The molecule has 1 unspecified atom stereocenters. The van der Waals surface area contributed by atoms with Gasteiger partial charge < -0.3 is 5.32 Å². The van der Waals surface area contributed by atoms with Gasteiger partial charge in [0.05, 0.1) is 16.6 Å². The molecule has 4 nitrogen and oxygen atoms in total. The van der Waals surface area contributed by atoms with Crippen molar-refractivity contribution in [2.75, 3.05) is 18.4 Å². The monoisotopic (exact) mass is 367 g/mol. The van der Waals surface area contributed by atoms with Gasteiger partial charge in [0.15, 0.2) is 0 Å². The van der Waals surface area contributed by atoms with E-state index in [0.717, 1.165) is 5.56 Å². The molecule has 0 saturated carbocycles. The minimum absolute atomic E-state index is 0.117. The van der Waals surface area contributed by atoms with Crippen molar-refractivity contribution in [3.8, 4) is 0 Å². The van der Waals surface area contributed by atoms with Gasteiger partial charge in [-0.2, -0.15) is 0 Å². The molecule has 0 radical (unpaired) electrons. The first-order valence-corrected chi connectivity index (χ1v) is 8.25. The highest BCUT2D eigenvalue weighted by molar-refractivity contribution is 6.36. The summed E-state index contributed by atoms with van der Waals surface area (Å²) in [7, 11) is 0. The number of hydrazine groups is 1. The molecule has 1 aliphatic rings. The predicted molar refractivity (Wildman–Crippen MR) is 93.4 cm³/mol. The molecule has 0 bridgehead atoms. The van der Waals surface area contributed by atoms with Gasteiger partial charge in [-0.1, -0.05) is 35.3 Å². The van der Waals surface area contributed by atoms with Gasteiger partial charge in [0.25, 0.3) is 0 Å². The number of halogens is 3. The molecule has 0 aromatic heterocycles. The molecule has 0 aliphatic carbocycles. The zero-order valence-corrected chi connectivity index (χ0v) is 14.2. The summed E-state index contributed by atoms with van der Waals surface area (Å²) in [4.78, 5) is 12.4. The van der Waals surface area contributed by atoms with E-state index >= 15 is 0 Å². The average Bonchev–Trinajstić information content (AvgIpc) is 2.98. The first-order chi connectivity index (χ1) is 11.5. The molecule has 2 aromatic rings. The van der Waals surface area contributed by atoms with Gasteiger partial charge in [-0.25, -0.2) is 9.40 Å². The van der Waals surface area contributed by atoms with E-state index in [4.69, 9.17) is 23.2 Å². The lowest BCUT2D eigenvalue weighted by molar-refractivity contribution is -0.119. The summed E-state index contributed by atoms with van der Waals surface area (Å²) in [6.07, 6.45) is 0. The van der Waals surface area contributed by atoms with Crippen molar-refractivity contribution in [2.24, 2.45) is 5.92 Å². The third-order valence-corrected chi connectivity index (χ3v) is 4.37. The minimum Gasteiger partial charge on any atom is -0.324 e. The fraction of sp³-hybridized carbons (Fsp3) is 0.235. The molecule has 7 heteroatoms. The van der Waals surface area contributed by atoms with Crippen molar-refractivity contribution < 1.29 is 9.18 Å². The van der Waals surface area contributed by atoms with E-state index in [1.54, 1.807) is 24.3 Å². The van der Waals surface area contributed by atoms with E-state index < -0.39 is 0 Å². The van der Waals surface area contributed by atoms with E-state index in [1.165, 1.54) is 12.1 Å². The molecular weight excluding hydrogens is 352 g/mol. The highest BCUT2D eigenvalue weighted by Crippen LogP contribution is 2.26. The van der Waals surface area contributed by atoms with Crippen LogP contribution < -0.4 is 10.7 Å². The normalized spacial score (nSPS) is 17.9. The van der Waals surface area contributed by atoms with Crippen LogP contribution in [0.15, 0.2) is 42.5 Å². The third kappa shape index (κ3) is 4.24. The van der Waals surface area contributed by atoms with Crippen molar-refractivity contribution >= 4 is 34.8 Å². The lowest BCUT2D eigenvalue weighted by Gasteiger charge is -2.16. The zero-order valence-electron chi connectivity index (χ0n) is 12.7. The molecule has 1 heterocycles. The number of carbonyl (C=O) groups excluding carboxylic acids is 1. The minimum atomic E-state index is -0.265. The van der Waals surface area contributed by atoms with Crippen LogP contribution in [0.1, 0.15) is 5.56 Å². The Bertz CT molecular complexity index is 756. The van der Waals surface area contributed by atoms with Crippen molar-refractivity contribution in [1.82, 2.24) is 10.4 Å². The summed E-state index contributed by atoms with van der Waals surface area (Å²) in [6, 6.07) is 11.4. The fourth-order valence-corrected chi connectivity index (χ4v) is 3.07. The molecule has 1 saturated heterocycles. The van der Waals surface area contributed by atoms with E-state index in [9.17, 15) is 9.18 Å².